The summed E-state index contributed by atoms with van der Waals surface area (Å²) in [5.41, 5.74) is 8.47. The summed E-state index contributed by atoms with van der Waals surface area (Å²) in [6.07, 6.45) is 1.75. The first-order valence-corrected chi connectivity index (χ1v) is 6.84. The van der Waals surface area contributed by atoms with Crippen LogP contribution in [0.2, 0.25) is 0 Å². The average Bonchev–Trinajstić information content (AvgIpc) is 2.67. The molecule has 0 fully saturated rings. The molecule has 0 aliphatic rings. The van der Waals surface area contributed by atoms with Crippen molar-refractivity contribution < 1.29 is 0 Å². The van der Waals surface area contributed by atoms with Gasteiger partial charge in [0.25, 0.3) is 0 Å². The van der Waals surface area contributed by atoms with E-state index in [-0.39, 0.29) is 0 Å². The fourth-order valence-corrected chi connectivity index (χ4v) is 2.68. The lowest BCUT2D eigenvalue weighted by Crippen LogP contribution is -2.11. The van der Waals surface area contributed by atoms with Gasteiger partial charge in [0.2, 0.25) is 0 Å². The van der Waals surface area contributed by atoms with Crippen LogP contribution in [0.25, 0.3) is 0 Å². The first-order valence-electron chi connectivity index (χ1n) is 5.62. The average molecular weight is 277 g/mol. The van der Waals surface area contributed by atoms with Gasteiger partial charge in [-0.05, 0) is 37.6 Å². The number of aromatic nitrogens is 1. The maximum Gasteiger partial charge on any atom is 0.122 e. The monoisotopic (exact) mass is 277 g/mol. The first-order chi connectivity index (χ1) is 8.56. The number of nitrogens with one attached hydrogen (secondary N) is 1. The van der Waals surface area contributed by atoms with Crippen LogP contribution in [0.1, 0.15) is 21.0 Å². The maximum absolute atomic E-state index is 5.50. The van der Waals surface area contributed by atoms with Crippen molar-refractivity contribution in [2.75, 3.05) is 5.32 Å². The minimum absolute atomic E-state index is 0.325. The molecule has 0 amide bonds. The van der Waals surface area contributed by atoms with Gasteiger partial charge in [0.15, 0.2) is 0 Å². The number of pyridine rings is 1. The zero-order chi connectivity index (χ0) is 13.1. The standard InChI is InChI=1S/C13H15N3S2/c1-8-5-11(18-9(8)2)7-15-10-3-4-12(13(14)17)16-6-10/h3-6,15H,7H2,1-2H3,(H2,14,17). The van der Waals surface area contributed by atoms with Gasteiger partial charge in [-0.1, -0.05) is 12.2 Å². The fraction of sp³-hybridized carbons (Fsp3) is 0.231. The number of hydrogen-bond donors (Lipinski definition) is 2. The van der Waals surface area contributed by atoms with Crippen LogP contribution in [0.4, 0.5) is 5.69 Å². The Bertz CT molecular complexity index is 539. The van der Waals surface area contributed by atoms with Crippen LogP contribution in [0.5, 0.6) is 0 Å². The van der Waals surface area contributed by atoms with E-state index in [1.54, 1.807) is 6.20 Å². The summed E-state index contributed by atoms with van der Waals surface area (Å²) in [4.78, 5) is 7.20. The van der Waals surface area contributed by atoms with Gasteiger partial charge in [0.05, 0.1) is 17.6 Å². The zero-order valence-electron chi connectivity index (χ0n) is 10.4. The van der Waals surface area contributed by atoms with E-state index in [2.05, 4.69) is 30.2 Å². The molecule has 0 aliphatic carbocycles. The smallest absolute Gasteiger partial charge is 0.122 e. The van der Waals surface area contributed by atoms with Gasteiger partial charge in [0.1, 0.15) is 4.99 Å². The highest BCUT2D eigenvalue weighted by atomic mass is 32.1. The molecule has 18 heavy (non-hydrogen) atoms. The van der Waals surface area contributed by atoms with E-state index in [0.717, 1.165) is 12.2 Å². The molecule has 3 nitrogen and oxygen atoms in total. The molecule has 0 atom stereocenters. The van der Waals surface area contributed by atoms with Crippen molar-refractivity contribution in [2.24, 2.45) is 5.73 Å². The summed E-state index contributed by atoms with van der Waals surface area (Å²) >= 11 is 6.68. The summed E-state index contributed by atoms with van der Waals surface area (Å²) in [5.74, 6) is 0. The van der Waals surface area contributed by atoms with E-state index in [9.17, 15) is 0 Å². The second-order valence-electron chi connectivity index (χ2n) is 4.10. The van der Waals surface area contributed by atoms with Crippen molar-refractivity contribution in [1.29, 1.82) is 0 Å². The normalized spacial score (nSPS) is 10.3. The Morgan fingerprint density at radius 3 is 2.72 bits per heavy atom. The van der Waals surface area contributed by atoms with Crippen molar-refractivity contribution in [3.05, 3.63) is 45.4 Å². The Morgan fingerprint density at radius 2 is 2.22 bits per heavy atom. The van der Waals surface area contributed by atoms with Crippen LogP contribution in [0.3, 0.4) is 0 Å². The van der Waals surface area contributed by atoms with Crippen LogP contribution < -0.4 is 11.1 Å². The summed E-state index contributed by atoms with van der Waals surface area (Å²) in [6, 6.07) is 5.98. The molecule has 0 unspecified atom stereocenters. The number of nitrogens with two attached hydrogens (primary N) is 1. The molecule has 0 radical (unpaired) electrons. The third-order valence-corrected chi connectivity index (χ3v) is 4.06. The van der Waals surface area contributed by atoms with Gasteiger partial charge >= 0.3 is 0 Å². The quantitative estimate of drug-likeness (QED) is 0.844. The Morgan fingerprint density at radius 1 is 1.44 bits per heavy atom. The highest BCUT2D eigenvalue weighted by molar-refractivity contribution is 7.80. The SMILES string of the molecule is Cc1cc(CNc2ccc(C(N)=S)nc2)sc1C. The molecule has 2 aromatic heterocycles. The topological polar surface area (TPSA) is 50.9 Å². The number of thiocarbonyl (C=S) groups is 1. The minimum Gasteiger partial charge on any atom is -0.388 e. The summed E-state index contributed by atoms with van der Waals surface area (Å²) in [6.45, 7) is 5.09. The number of hydrogen-bond acceptors (Lipinski definition) is 4. The first kappa shape index (κ1) is 13.0. The van der Waals surface area contributed by atoms with Crippen LogP contribution in [-0.4, -0.2) is 9.97 Å². The predicted molar refractivity (Wildman–Crippen MR) is 81.2 cm³/mol. The van der Waals surface area contributed by atoms with Gasteiger partial charge in [-0.2, -0.15) is 0 Å². The molecule has 2 rings (SSSR count). The molecule has 94 valence electrons. The Hall–Kier alpha value is -1.46. The van der Waals surface area contributed by atoms with E-state index in [4.69, 9.17) is 18.0 Å². The molecule has 0 saturated carbocycles. The number of nitrogens with zero attached hydrogens (tertiary/aromatic N) is 1. The fourth-order valence-electron chi connectivity index (χ4n) is 1.57. The molecular formula is C13H15N3S2. The van der Waals surface area contributed by atoms with Gasteiger partial charge in [-0.25, -0.2) is 0 Å². The third-order valence-electron chi connectivity index (χ3n) is 2.70. The second kappa shape index (κ2) is 5.46. The van der Waals surface area contributed by atoms with Crippen LogP contribution in [0.15, 0.2) is 24.4 Å². The number of thiophene rings is 1. The number of rotatable bonds is 4. The van der Waals surface area contributed by atoms with Crippen LogP contribution in [-0.2, 0) is 6.54 Å². The molecule has 5 heteroatoms. The second-order valence-corrected chi connectivity index (χ2v) is 5.88. The van der Waals surface area contributed by atoms with E-state index >= 15 is 0 Å². The van der Waals surface area contributed by atoms with E-state index in [1.165, 1.54) is 15.3 Å². The molecule has 2 heterocycles. The highest BCUT2D eigenvalue weighted by Crippen LogP contribution is 2.21. The molecular weight excluding hydrogens is 262 g/mol. The largest absolute Gasteiger partial charge is 0.388 e. The lowest BCUT2D eigenvalue weighted by Gasteiger charge is -2.05. The van der Waals surface area contributed by atoms with Crippen molar-refractivity contribution in [3.63, 3.8) is 0 Å². The van der Waals surface area contributed by atoms with E-state index < -0.39 is 0 Å². The van der Waals surface area contributed by atoms with Gasteiger partial charge in [0, 0.05) is 16.3 Å². The van der Waals surface area contributed by atoms with Gasteiger partial charge in [-0.3, -0.25) is 4.98 Å². The molecule has 3 N–H and O–H groups in total. The summed E-state index contributed by atoms with van der Waals surface area (Å²) < 4.78 is 0. The summed E-state index contributed by atoms with van der Waals surface area (Å²) in [7, 11) is 0. The lowest BCUT2D eigenvalue weighted by atomic mass is 10.3. The van der Waals surface area contributed by atoms with Crippen molar-refractivity contribution in [3.8, 4) is 0 Å². The maximum atomic E-state index is 5.50. The zero-order valence-corrected chi connectivity index (χ0v) is 12.0. The third kappa shape index (κ3) is 3.05. The molecule has 0 bridgehead atoms. The molecule has 2 aromatic rings. The summed E-state index contributed by atoms with van der Waals surface area (Å²) in [5, 5.41) is 3.33. The predicted octanol–water partition coefficient (Wildman–Crippen LogP) is 3.01. The Labute approximate surface area is 116 Å². The van der Waals surface area contributed by atoms with Gasteiger partial charge in [-0.15, -0.1) is 11.3 Å². The van der Waals surface area contributed by atoms with E-state index in [0.29, 0.717) is 10.7 Å². The van der Waals surface area contributed by atoms with Crippen LogP contribution >= 0.6 is 23.6 Å². The van der Waals surface area contributed by atoms with Crippen molar-refractivity contribution in [2.45, 2.75) is 20.4 Å². The van der Waals surface area contributed by atoms with Crippen molar-refractivity contribution in [1.82, 2.24) is 4.98 Å². The Kier molecular flexibility index (Phi) is 3.93. The number of anilines is 1. The molecule has 0 spiro atoms. The number of aryl methyl sites for hydroxylation is 2. The lowest BCUT2D eigenvalue weighted by molar-refractivity contribution is 1.17. The van der Waals surface area contributed by atoms with Crippen molar-refractivity contribution >= 4 is 34.2 Å². The Balaban J connectivity index is 2.00. The van der Waals surface area contributed by atoms with Gasteiger partial charge < -0.3 is 11.1 Å². The van der Waals surface area contributed by atoms with Crippen LogP contribution in [0, 0.1) is 13.8 Å². The molecule has 0 aliphatic heterocycles. The molecule has 0 saturated heterocycles. The van der Waals surface area contributed by atoms with E-state index in [1.807, 2.05) is 23.5 Å². The molecule has 0 aromatic carbocycles. The highest BCUT2D eigenvalue weighted by Gasteiger charge is 2.02. The minimum atomic E-state index is 0.325.